The van der Waals surface area contributed by atoms with E-state index in [9.17, 15) is 9.90 Å². The maximum atomic E-state index is 11.8. The smallest absolute Gasteiger partial charge is 0.277 e. The van der Waals surface area contributed by atoms with Crippen LogP contribution in [0.3, 0.4) is 0 Å². The molecule has 0 spiro atoms. The van der Waals surface area contributed by atoms with Crippen LogP contribution in [-0.2, 0) is 4.79 Å². The molecule has 0 unspecified atom stereocenters. The zero-order valence-corrected chi connectivity index (χ0v) is 15.8. The fraction of sp³-hybridized carbons (Fsp3) is 0.222. The van der Waals surface area contributed by atoms with Gasteiger partial charge in [0.25, 0.3) is 5.91 Å². The first kappa shape index (κ1) is 18.8. The Morgan fingerprint density at radius 1 is 1.28 bits per heavy atom. The molecule has 0 aromatic heterocycles. The van der Waals surface area contributed by atoms with Crippen LogP contribution in [0, 0.1) is 13.8 Å². The molecule has 0 saturated carbocycles. The zero-order valence-electron chi connectivity index (χ0n) is 14.2. The Bertz CT molecular complexity index is 806. The molecule has 2 aromatic rings. The minimum absolute atomic E-state index is 0.0601. The van der Waals surface area contributed by atoms with E-state index in [1.165, 1.54) is 13.3 Å². The summed E-state index contributed by atoms with van der Waals surface area (Å²) in [5, 5.41) is 13.8. The Hall–Kier alpha value is -2.54. The van der Waals surface area contributed by atoms with Gasteiger partial charge in [-0.1, -0.05) is 22.0 Å². The summed E-state index contributed by atoms with van der Waals surface area (Å²) < 4.78 is 11.2. The molecule has 0 bridgehead atoms. The van der Waals surface area contributed by atoms with Crippen molar-refractivity contribution >= 4 is 28.1 Å². The molecule has 0 aliphatic carbocycles. The number of aryl methyl sites for hydroxylation is 2. The van der Waals surface area contributed by atoms with Gasteiger partial charge in [0.1, 0.15) is 5.75 Å². The highest BCUT2D eigenvalue weighted by Crippen LogP contribution is 2.32. The van der Waals surface area contributed by atoms with Crippen LogP contribution in [-0.4, -0.2) is 30.9 Å². The maximum Gasteiger partial charge on any atom is 0.277 e. The SMILES string of the molecule is COc1cc(Br)cc(C=NNC(=O)COc2ccc(C)c(C)c2)c1O. The molecule has 25 heavy (non-hydrogen) atoms. The Kier molecular flexibility index (Phi) is 6.41. The van der Waals surface area contributed by atoms with E-state index in [2.05, 4.69) is 26.5 Å². The van der Waals surface area contributed by atoms with E-state index in [0.717, 1.165) is 11.1 Å². The van der Waals surface area contributed by atoms with E-state index in [0.29, 0.717) is 21.5 Å². The molecule has 132 valence electrons. The van der Waals surface area contributed by atoms with E-state index < -0.39 is 5.91 Å². The van der Waals surface area contributed by atoms with Crippen molar-refractivity contribution in [1.29, 1.82) is 0 Å². The molecule has 0 saturated heterocycles. The summed E-state index contributed by atoms with van der Waals surface area (Å²) >= 11 is 3.31. The molecule has 0 aliphatic rings. The number of phenols is 1. The molecule has 6 nitrogen and oxygen atoms in total. The van der Waals surface area contributed by atoms with Gasteiger partial charge in [-0.3, -0.25) is 4.79 Å². The fourth-order valence-corrected chi connectivity index (χ4v) is 2.46. The number of carbonyl (C=O) groups is 1. The Morgan fingerprint density at radius 3 is 2.72 bits per heavy atom. The van der Waals surface area contributed by atoms with Crippen LogP contribution < -0.4 is 14.9 Å². The van der Waals surface area contributed by atoms with Gasteiger partial charge < -0.3 is 14.6 Å². The number of halogens is 1. The molecule has 0 radical (unpaired) electrons. The molecule has 1 amide bonds. The van der Waals surface area contributed by atoms with E-state index in [4.69, 9.17) is 9.47 Å². The Morgan fingerprint density at radius 2 is 2.04 bits per heavy atom. The van der Waals surface area contributed by atoms with E-state index in [1.807, 2.05) is 32.0 Å². The van der Waals surface area contributed by atoms with E-state index in [-0.39, 0.29) is 12.4 Å². The Labute approximate surface area is 154 Å². The van der Waals surface area contributed by atoms with Crippen LogP contribution in [0.4, 0.5) is 0 Å². The average Bonchev–Trinajstić information content (AvgIpc) is 2.58. The standard InChI is InChI=1S/C18H19BrN2O4/c1-11-4-5-15(6-12(11)2)25-10-17(22)21-20-9-13-7-14(19)8-16(24-3)18(13)23/h4-9,23H,10H2,1-3H3,(H,21,22). The third-order valence-electron chi connectivity index (χ3n) is 3.53. The summed E-state index contributed by atoms with van der Waals surface area (Å²) in [5.41, 5.74) is 5.00. The van der Waals surface area contributed by atoms with Crippen molar-refractivity contribution in [2.45, 2.75) is 13.8 Å². The molecule has 2 rings (SSSR count). The number of ether oxygens (including phenoxy) is 2. The lowest BCUT2D eigenvalue weighted by molar-refractivity contribution is -0.123. The quantitative estimate of drug-likeness (QED) is 0.569. The topological polar surface area (TPSA) is 80.2 Å². The van der Waals surface area contributed by atoms with Crippen LogP contribution in [0.1, 0.15) is 16.7 Å². The number of amides is 1. The highest BCUT2D eigenvalue weighted by Gasteiger charge is 2.08. The van der Waals surface area contributed by atoms with Crippen molar-refractivity contribution in [2.24, 2.45) is 5.10 Å². The molecule has 0 fully saturated rings. The summed E-state index contributed by atoms with van der Waals surface area (Å²) in [4.78, 5) is 11.8. The second kappa shape index (κ2) is 8.53. The molecule has 0 atom stereocenters. The van der Waals surface area contributed by atoms with Crippen molar-refractivity contribution in [2.75, 3.05) is 13.7 Å². The number of nitrogens with zero attached hydrogens (tertiary/aromatic N) is 1. The third kappa shape index (κ3) is 5.22. The first-order chi connectivity index (χ1) is 11.9. The minimum Gasteiger partial charge on any atom is -0.504 e. The number of methoxy groups -OCH3 is 1. The van der Waals surface area contributed by atoms with Crippen molar-refractivity contribution in [3.8, 4) is 17.2 Å². The molecular formula is C18H19BrN2O4. The highest BCUT2D eigenvalue weighted by molar-refractivity contribution is 9.10. The van der Waals surface area contributed by atoms with Gasteiger partial charge in [-0.15, -0.1) is 0 Å². The summed E-state index contributed by atoms with van der Waals surface area (Å²) in [6.07, 6.45) is 1.33. The third-order valence-corrected chi connectivity index (χ3v) is 3.99. The largest absolute Gasteiger partial charge is 0.504 e. The molecular weight excluding hydrogens is 388 g/mol. The van der Waals surface area contributed by atoms with Crippen LogP contribution in [0.15, 0.2) is 39.9 Å². The lowest BCUT2D eigenvalue weighted by atomic mass is 10.1. The number of benzene rings is 2. The van der Waals surface area contributed by atoms with Gasteiger partial charge in [-0.2, -0.15) is 5.10 Å². The average molecular weight is 407 g/mol. The molecule has 2 N–H and O–H groups in total. The number of hydrazone groups is 1. The predicted molar refractivity (Wildman–Crippen MR) is 99.5 cm³/mol. The van der Waals surface area contributed by atoms with Gasteiger partial charge >= 0.3 is 0 Å². The number of hydrogen-bond acceptors (Lipinski definition) is 5. The fourth-order valence-electron chi connectivity index (χ4n) is 2.01. The van der Waals surface area contributed by atoms with Crippen molar-refractivity contribution in [3.05, 3.63) is 51.5 Å². The van der Waals surface area contributed by atoms with E-state index in [1.54, 1.807) is 12.1 Å². The lowest BCUT2D eigenvalue weighted by Crippen LogP contribution is -2.24. The van der Waals surface area contributed by atoms with Gasteiger partial charge in [-0.25, -0.2) is 5.43 Å². The monoisotopic (exact) mass is 406 g/mol. The maximum absolute atomic E-state index is 11.8. The van der Waals surface area contributed by atoms with Crippen LogP contribution in [0.5, 0.6) is 17.2 Å². The second-order valence-corrected chi connectivity index (χ2v) is 6.29. The second-order valence-electron chi connectivity index (χ2n) is 5.37. The summed E-state index contributed by atoms with van der Waals surface area (Å²) in [7, 11) is 1.45. The molecule has 7 heteroatoms. The Balaban J connectivity index is 1.92. The zero-order chi connectivity index (χ0) is 18.4. The van der Waals surface area contributed by atoms with Crippen molar-refractivity contribution in [1.82, 2.24) is 5.43 Å². The number of nitrogens with one attached hydrogen (secondary N) is 1. The van der Waals surface area contributed by atoms with Crippen LogP contribution >= 0.6 is 15.9 Å². The summed E-state index contributed by atoms with van der Waals surface area (Å²) in [6, 6.07) is 8.90. The first-order valence-electron chi connectivity index (χ1n) is 7.49. The number of aromatic hydroxyl groups is 1. The van der Waals surface area contributed by atoms with Gasteiger partial charge in [0, 0.05) is 10.0 Å². The van der Waals surface area contributed by atoms with Crippen LogP contribution in [0.25, 0.3) is 0 Å². The highest BCUT2D eigenvalue weighted by atomic mass is 79.9. The minimum atomic E-state index is -0.407. The summed E-state index contributed by atoms with van der Waals surface area (Å²) in [6.45, 7) is 3.83. The van der Waals surface area contributed by atoms with Gasteiger partial charge in [-0.05, 0) is 49.2 Å². The van der Waals surface area contributed by atoms with E-state index >= 15 is 0 Å². The lowest BCUT2D eigenvalue weighted by Gasteiger charge is -2.08. The number of rotatable bonds is 6. The van der Waals surface area contributed by atoms with Crippen molar-refractivity contribution in [3.63, 3.8) is 0 Å². The summed E-state index contributed by atoms with van der Waals surface area (Å²) in [5.74, 6) is 0.461. The van der Waals surface area contributed by atoms with Gasteiger partial charge in [0.2, 0.25) is 0 Å². The first-order valence-corrected chi connectivity index (χ1v) is 8.28. The molecule has 0 heterocycles. The molecule has 2 aromatic carbocycles. The number of carbonyl (C=O) groups excluding carboxylic acids is 1. The number of phenolic OH excluding ortho intramolecular Hbond substituents is 1. The molecule has 0 aliphatic heterocycles. The van der Waals surface area contributed by atoms with Gasteiger partial charge in [0.05, 0.1) is 13.3 Å². The van der Waals surface area contributed by atoms with Gasteiger partial charge in [0.15, 0.2) is 18.1 Å². The number of hydrogen-bond donors (Lipinski definition) is 2. The predicted octanol–water partition coefficient (Wildman–Crippen LogP) is 3.31. The van der Waals surface area contributed by atoms with Crippen LogP contribution in [0.2, 0.25) is 0 Å². The van der Waals surface area contributed by atoms with Crippen molar-refractivity contribution < 1.29 is 19.4 Å². The normalized spacial score (nSPS) is 10.7.